The first-order valence-electron chi connectivity index (χ1n) is 8.38. The number of nitrogens with two attached hydrogens (primary N) is 1. The van der Waals surface area contributed by atoms with E-state index in [-0.39, 0.29) is 35.9 Å². The van der Waals surface area contributed by atoms with Gasteiger partial charge in [-0.1, -0.05) is 12.1 Å². The van der Waals surface area contributed by atoms with Gasteiger partial charge in [0, 0.05) is 12.1 Å². The van der Waals surface area contributed by atoms with Gasteiger partial charge in [-0.15, -0.1) is 0 Å². The second kappa shape index (κ2) is 8.50. The lowest BCUT2D eigenvalue weighted by atomic mass is 9.97. The van der Waals surface area contributed by atoms with Gasteiger partial charge in [0.2, 0.25) is 0 Å². The summed E-state index contributed by atoms with van der Waals surface area (Å²) in [7, 11) is 0. The number of para-hydroxylation sites is 1. The maximum Gasteiger partial charge on any atom is 0.344 e. The van der Waals surface area contributed by atoms with E-state index in [9.17, 15) is 14.4 Å². The first-order valence-corrected chi connectivity index (χ1v) is 8.38. The van der Waals surface area contributed by atoms with Gasteiger partial charge in [0.15, 0.2) is 13.2 Å². The fraction of sp³-hybridized carbons (Fsp3) is 0.500. The molecule has 0 bridgehead atoms. The summed E-state index contributed by atoms with van der Waals surface area (Å²) in [4.78, 5) is 37.2. The first-order chi connectivity index (χ1) is 11.9. The maximum atomic E-state index is 12.3. The largest absolute Gasteiger partial charge is 0.481 e. The first kappa shape index (κ1) is 18.8. The molecule has 1 fully saturated rings. The lowest BCUT2D eigenvalue weighted by Gasteiger charge is -2.38. The van der Waals surface area contributed by atoms with E-state index in [0.717, 1.165) is 19.3 Å². The highest BCUT2D eigenvalue weighted by molar-refractivity contribution is 5.95. The number of hydrogen-bond donors (Lipinski definition) is 1. The fourth-order valence-corrected chi connectivity index (χ4v) is 3.10. The standard InChI is InChI=1S/C18H24N2O5/c1-12-6-5-7-13(2)20(12)16(21)10-25-17(22)11-24-15-9-4-3-8-14(15)18(19)23/h3-4,8-9,12-13H,5-7,10-11H2,1-2H3,(H2,19,23)/t12-,13-/m1/s1. The van der Waals surface area contributed by atoms with Crippen molar-refractivity contribution in [3.63, 3.8) is 0 Å². The summed E-state index contributed by atoms with van der Waals surface area (Å²) in [6.07, 6.45) is 3.01. The van der Waals surface area contributed by atoms with E-state index in [2.05, 4.69) is 0 Å². The van der Waals surface area contributed by atoms with Crippen molar-refractivity contribution in [2.45, 2.75) is 45.2 Å². The van der Waals surface area contributed by atoms with Crippen LogP contribution in [0.15, 0.2) is 24.3 Å². The smallest absolute Gasteiger partial charge is 0.344 e. The van der Waals surface area contributed by atoms with Crippen LogP contribution in [0.4, 0.5) is 0 Å². The SMILES string of the molecule is C[C@@H]1CCC[C@@H](C)N1C(=O)COC(=O)COc1ccccc1C(N)=O. The normalized spacial score (nSPS) is 20.0. The number of hydrogen-bond acceptors (Lipinski definition) is 5. The molecule has 7 heteroatoms. The van der Waals surface area contributed by atoms with Gasteiger partial charge in [-0.2, -0.15) is 0 Å². The summed E-state index contributed by atoms with van der Waals surface area (Å²) >= 11 is 0. The van der Waals surface area contributed by atoms with Gasteiger partial charge >= 0.3 is 5.97 Å². The number of esters is 1. The lowest BCUT2D eigenvalue weighted by Crippen LogP contribution is -2.49. The summed E-state index contributed by atoms with van der Waals surface area (Å²) in [5.41, 5.74) is 5.43. The molecule has 0 aliphatic carbocycles. The van der Waals surface area contributed by atoms with Crippen molar-refractivity contribution < 1.29 is 23.9 Å². The number of benzene rings is 1. The molecule has 1 aliphatic heterocycles. The monoisotopic (exact) mass is 348 g/mol. The average Bonchev–Trinajstić information content (AvgIpc) is 2.58. The molecular formula is C18H24N2O5. The molecule has 1 saturated heterocycles. The van der Waals surface area contributed by atoms with Gasteiger partial charge in [0.05, 0.1) is 5.56 Å². The second-order valence-corrected chi connectivity index (χ2v) is 6.24. The van der Waals surface area contributed by atoms with Gasteiger partial charge in [0.1, 0.15) is 5.75 Å². The fourth-order valence-electron chi connectivity index (χ4n) is 3.10. The highest BCUT2D eigenvalue weighted by Gasteiger charge is 2.29. The predicted molar refractivity (Wildman–Crippen MR) is 91.0 cm³/mol. The van der Waals surface area contributed by atoms with E-state index in [1.54, 1.807) is 17.0 Å². The van der Waals surface area contributed by atoms with Crippen LogP contribution in [-0.2, 0) is 14.3 Å². The Morgan fingerprint density at radius 1 is 1.12 bits per heavy atom. The summed E-state index contributed by atoms with van der Waals surface area (Å²) in [6.45, 7) is 3.29. The molecule has 7 nitrogen and oxygen atoms in total. The predicted octanol–water partition coefficient (Wildman–Crippen LogP) is 1.50. The van der Waals surface area contributed by atoms with E-state index in [0.29, 0.717) is 0 Å². The molecule has 0 saturated carbocycles. The van der Waals surface area contributed by atoms with Crippen molar-refractivity contribution in [2.75, 3.05) is 13.2 Å². The Kier molecular flexibility index (Phi) is 6.38. The average molecular weight is 348 g/mol. The summed E-state index contributed by atoms with van der Waals surface area (Å²) < 4.78 is 10.3. The van der Waals surface area contributed by atoms with Crippen LogP contribution < -0.4 is 10.5 Å². The quantitative estimate of drug-likeness (QED) is 0.786. The van der Waals surface area contributed by atoms with Crippen LogP contribution in [0.25, 0.3) is 0 Å². The molecule has 2 atom stereocenters. The molecule has 2 N–H and O–H groups in total. The Labute approximate surface area is 147 Å². The molecule has 0 aromatic heterocycles. The van der Waals surface area contributed by atoms with Crippen LogP contribution >= 0.6 is 0 Å². The van der Waals surface area contributed by atoms with Gasteiger partial charge < -0.3 is 20.1 Å². The lowest BCUT2D eigenvalue weighted by molar-refractivity contribution is -0.156. The molecule has 0 radical (unpaired) electrons. The highest BCUT2D eigenvalue weighted by atomic mass is 16.6. The number of carbonyl (C=O) groups is 3. The number of ether oxygens (including phenoxy) is 2. The zero-order valence-electron chi connectivity index (χ0n) is 14.6. The van der Waals surface area contributed by atoms with E-state index < -0.39 is 18.5 Å². The third kappa shape index (κ3) is 4.95. The molecular weight excluding hydrogens is 324 g/mol. The van der Waals surface area contributed by atoms with Crippen molar-refractivity contribution in [1.29, 1.82) is 0 Å². The molecule has 1 aromatic carbocycles. The van der Waals surface area contributed by atoms with E-state index in [1.807, 2.05) is 13.8 Å². The molecule has 1 aromatic rings. The van der Waals surface area contributed by atoms with E-state index >= 15 is 0 Å². The van der Waals surface area contributed by atoms with Gasteiger partial charge in [0.25, 0.3) is 11.8 Å². The van der Waals surface area contributed by atoms with Crippen molar-refractivity contribution >= 4 is 17.8 Å². The van der Waals surface area contributed by atoms with Crippen molar-refractivity contribution in [2.24, 2.45) is 5.73 Å². The number of rotatable bonds is 6. The Morgan fingerprint density at radius 2 is 1.76 bits per heavy atom. The summed E-state index contributed by atoms with van der Waals surface area (Å²) in [5.74, 6) is -1.32. The molecule has 2 amide bonds. The molecule has 25 heavy (non-hydrogen) atoms. The highest BCUT2D eigenvalue weighted by Crippen LogP contribution is 2.22. The van der Waals surface area contributed by atoms with Crippen molar-refractivity contribution in [1.82, 2.24) is 4.90 Å². The maximum absolute atomic E-state index is 12.3. The Morgan fingerprint density at radius 3 is 2.40 bits per heavy atom. The van der Waals surface area contributed by atoms with Crippen LogP contribution in [0.3, 0.4) is 0 Å². The number of primary amides is 1. The van der Waals surface area contributed by atoms with E-state index in [4.69, 9.17) is 15.2 Å². The number of piperidine rings is 1. The van der Waals surface area contributed by atoms with Gasteiger partial charge in [-0.25, -0.2) is 4.79 Å². The van der Waals surface area contributed by atoms with Gasteiger partial charge in [-0.05, 0) is 45.2 Å². The zero-order chi connectivity index (χ0) is 18.4. The topological polar surface area (TPSA) is 98.9 Å². The number of likely N-dealkylation sites (tertiary alicyclic amines) is 1. The number of carbonyl (C=O) groups excluding carboxylic acids is 3. The van der Waals surface area contributed by atoms with Crippen molar-refractivity contribution in [3.05, 3.63) is 29.8 Å². The van der Waals surface area contributed by atoms with E-state index in [1.165, 1.54) is 12.1 Å². The summed E-state index contributed by atoms with van der Waals surface area (Å²) in [5, 5.41) is 0. The Bertz CT molecular complexity index is 636. The molecule has 0 unspecified atom stereocenters. The minimum absolute atomic E-state index is 0.147. The Hall–Kier alpha value is -2.57. The van der Waals surface area contributed by atoms with Crippen LogP contribution in [-0.4, -0.2) is 48.0 Å². The summed E-state index contributed by atoms with van der Waals surface area (Å²) in [6, 6.07) is 6.64. The molecule has 1 aliphatic rings. The third-order valence-corrected chi connectivity index (χ3v) is 4.34. The molecule has 0 spiro atoms. The zero-order valence-corrected chi connectivity index (χ0v) is 14.6. The molecule has 2 rings (SSSR count). The third-order valence-electron chi connectivity index (χ3n) is 4.34. The second-order valence-electron chi connectivity index (χ2n) is 6.24. The van der Waals surface area contributed by atoms with Crippen LogP contribution in [0.2, 0.25) is 0 Å². The Balaban J connectivity index is 1.83. The minimum Gasteiger partial charge on any atom is -0.481 e. The van der Waals surface area contributed by atoms with Gasteiger partial charge in [-0.3, -0.25) is 9.59 Å². The van der Waals surface area contributed by atoms with Crippen molar-refractivity contribution in [3.8, 4) is 5.75 Å². The minimum atomic E-state index is -0.676. The molecule has 1 heterocycles. The number of amides is 2. The van der Waals surface area contributed by atoms with Crippen LogP contribution in [0.5, 0.6) is 5.75 Å². The number of nitrogens with zero attached hydrogens (tertiary/aromatic N) is 1. The van der Waals surface area contributed by atoms with Crippen LogP contribution in [0.1, 0.15) is 43.5 Å². The van der Waals surface area contributed by atoms with Crippen LogP contribution in [0, 0.1) is 0 Å². The molecule has 136 valence electrons.